The zero-order valence-electron chi connectivity index (χ0n) is 40.6. The number of hydrogen-bond donors (Lipinski definition) is 2. The van der Waals surface area contributed by atoms with Crippen molar-refractivity contribution in [3.63, 3.8) is 0 Å². The molecule has 0 aliphatic heterocycles. The summed E-state index contributed by atoms with van der Waals surface area (Å²) in [5.41, 5.74) is 0. The molecule has 0 amide bonds. The maximum absolute atomic E-state index is 5.09. The van der Waals surface area contributed by atoms with Gasteiger partial charge in [0.25, 0.3) is 11.9 Å². The summed E-state index contributed by atoms with van der Waals surface area (Å²) in [4.78, 5) is 10.2. The third kappa shape index (κ3) is 35.7. The Balaban J connectivity index is -0.000000261. The van der Waals surface area contributed by atoms with Crippen LogP contribution >= 0.6 is 0 Å². The van der Waals surface area contributed by atoms with E-state index in [2.05, 4.69) is 93.7 Å². The van der Waals surface area contributed by atoms with Crippen molar-refractivity contribution >= 4 is 11.9 Å². The molecule has 8 heteroatoms. The van der Waals surface area contributed by atoms with Crippen molar-refractivity contribution in [1.29, 1.82) is 0 Å². The molecular weight excluding hydrogens is 820 g/mol. The van der Waals surface area contributed by atoms with Crippen LogP contribution in [0, 0.1) is 0 Å². The Morgan fingerprint density at radius 3 is 0.714 bits per heavy atom. The first-order valence-electron chi connectivity index (χ1n) is 24.6. The van der Waals surface area contributed by atoms with E-state index in [-0.39, 0.29) is 34.0 Å². The minimum atomic E-state index is 0. The highest BCUT2D eigenvalue weighted by molar-refractivity contribution is 5.73. The summed E-state index contributed by atoms with van der Waals surface area (Å²) >= 11 is 0. The normalized spacial score (nSPS) is 11.8. The van der Waals surface area contributed by atoms with Crippen molar-refractivity contribution in [2.75, 3.05) is 65.4 Å². The molecule has 0 heterocycles. The van der Waals surface area contributed by atoms with Crippen molar-refractivity contribution in [2.24, 2.45) is 9.98 Å². The van der Waals surface area contributed by atoms with E-state index in [1.165, 1.54) is 205 Å². The number of hydrogen-bond acceptors (Lipinski definition) is 2. The minimum absolute atomic E-state index is 0. The van der Waals surface area contributed by atoms with Gasteiger partial charge in [-0.1, -0.05) is 173 Å². The number of nitrogens with zero attached hydrogens (tertiary/aromatic N) is 4. The van der Waals surface area contributed by atoms with Crippen molar-refractivity contribution < 1.29 is 42.9 Å². The second-order valence-electron chi connectivity index (χ2n) is 16.1. The van der Waals surface area contributed by atoms with Crippen LogP contribution in [0.25, 0.3) is 0 Å². The number of unbranched alkanes of at least 4 members (excludes halogenated alkanes) is 13. The fraction of sp³-hybridized carbons (Fsp3) is 0.958. The van der Waals surface area contributed by atoms with Gasteiger partial charge in [0.1, 0.15) is 0 Å². The van der Waals surface area contributed by atoms with Crippen LogP contribution in [0.3, 0.4) is 0 Å². The molecule has 0 fully saturated rings. The summed E-state index contributed by atoms with van der Waals surface area (Å²) in [7, 11) is 0. The second kappa shape index (κ2) is 51.0. The molecule has 0 aromatic rings. The van der Waals surface area contributed by atoms with Crippen LogP contribution < -0.4 is 44.6 Å². The van der Waals surface area contributed by atoms with Gasteiger partial charge < -0.3 is 44.6 Å². The van der Waals surface area contributed by atoms with Gasteiger partial charge in [-0.3, -0.25) is 8.97 Å². The molecule has 0 saturated carbocycles. The van der Waals surface area contributed by atoms with Gasteiger partial charge in [-0.2, -0.15) is 0 Å². The Labute approximate surface area is 376 Å². The first-order valence-corrected chi connectivity index (χ1v) is 24.6. The van der Waals surface area contributed by atoms with Crippen molar-refractivity contribution in [3.8, 4) is 0 Å². The lowest BCUT2D eigenvalue weighted by Crippen LogP contribution is -3.00. The molecule has 0 unspecified atom stereocenters. The summed E-state index contributed by atoms with van der Waals surface area (Å²) in [6.45, 7) is 39.0. The summed E-state index contributed by atoms with van der Waals surface area (Å²) in [5, 5.41) is 7.54. The smallest absolute Gasteiger partial charge is 0.297 e. The lowest BCUT2D eigenvalue weighted by Gasteiger charge is -2.39. The van der Waals surface area contributed by atoms with Crippen LogP contribution in [-0.4, -0.2) is 86.3 Å². The zero-order chi connectivity index (χ0) is 41.0. The van der Waals surface area contributed by atoms with Crippen LogP contribution in [0.5, 0.6) is 0 Å². The van der Waals surface area contributed by atoms with Crippen molar-refractivity contribution in [1.82, 2.24) is 10.6 Å². The summed E-state index contributed by atoms with van der Waals surface area (Å²) in [6, 6.07) is 0. The largest absolute Gasteiger partial charge is 1.00 e. The summed E-state index contributed by atoms with van der Waals surface area (Å²) in [5.74, 6) is 2.60. The number of halogens is 2. The van der Waals surface area contributed by atoms with E-state index in [0.29, 0.717) is 0 Å². The molecule has 2 N–H and O–H groups in total. The minimum Gasteiger partial charge on any atom is -1.00 e. The highest BCUT2D eigenvalue weighted by Crippen LogP contribution is 2.18. The third-order valence-electron chi connectivity index (χ3n) is 10.7. The van der Waals surface area contributed by atoms with E-state index >= 15 is 0 Å². The number of guanidine groups is 2. The Morgan fingerprint density at radius 1 is 0.304 bits per heavy atom. The summed E-state index contributed by atoms with van der Waals surface area (Å²) in [6.07, 6.45) is 30.8. The van der Waals surface area contributed by atoms with E-state index in [4.69, 9.17) is 9.98 Å². The van der Waals surface area contributed by atoms with E-state index in [0.717, 1.165) is 35.1 Å². The fourth-order valence-corrected chi connectivity index (χ4v) is 6.76. The molecule has 0 spiro atoms. The number of aliphatic imine (C=N–C) groups is 2. The molecule has 0 bridgehead atoms. The maximum atomic E-state index is 5.09. The van der Waals surface area contributed by atoms with Gasteiger partial charge in [0.2, 0.25) is 0 Å². The van der Waals surface area contributed by atoms with Crippen molar-refractivity contribution in [3.05, 3.63) is 0 Å². The van der Waals surface area contributed by atoms with E-state index < -0.39 is 0 Å². The Morgan fingerprint density at radius 2 is 0.518 bits per heavy atom. The van der Waals surface area contributed by atoms with Gasteiger partial charge in [0.05, 0.1) is 39.3 Å². The Bertz CT molecular complexity index is 684. The highest BCUT2D eigenvalue weighted by Gasteiger charge is 2.34. The molecule has 0 atom stereocenters. The molecular formula is C48H106Br2N6. The number of rotatable bonds is 33. The van der Waals surface area contributed by atoms with Crippen LogP contribution in [0.1, 0.15) is 237 Å². The van der Waals surface area contributed by atoms with Gasteiger partial charge in [-0.15, -0.1) is 0 Å². The van der Waals surface area contributed by atoms with Gasteiger partial charge in [0.15, 0.2) is 0 Å². The monoisotopic (exact) mass is 925 g/mol. The van der Waals surface area contributed by atoms with Crippen molar-refractivity contribution in [2.45, 2.75) is 237 Å². The first kappa shape index (κ1) is 65.0. The third-order valence-corrected chi connectivity index (χ3v) is 10.7. The van der Waals surface area contributed by atoms with E-state index in [1.54, 1.807) is 0 Å². The second-order valence-corrected chi connectivity index (χ2v) is 16.1. The average Bonchev–Trinajstić information content (AvgIpc) is 3.19. The molecule has 342 valence electrons. The molecule has 0 radical (unpaired) electrons. The SMILES string of the molecule is CCCCCC.CCCCN=C(NCCCC)[N+](CCCC)(CCCC)CCCC.CCCCN=C(NCCCC)[N+](CCCC)(CCCC)CCCC.[Br-].[Br-]. The quantitative estimate of drug-likeness (QED) is 0.0303. The van der Waals surface area contributed by atoms with E-state index in [9.17, 15) is 0 Å². The van der Waals surface area contributed by atoms with Crippen LogP contribution in [0.4, 0.5) is 0 Å². The molecule has 0 aromatic carbocycles. The molecule has 0 aliphatic carbocycles. The fourth-order valence-electron chi connectivity index (χ4n) is 6.76. The maximum Gasteiger partial charge on any atom is 0.297 e. The van der Waals surface area contributed by atoms with E-state index in [1.807, 2.05) is 0 Å². The van der Waals surface area contributed by atoms with Crippen LogP contribution in [0.15, 0.2) is 9.98 Å². The van der Waals surface area contributed by atoms with Gasteiger partial charge in [0, 0.05) is 26.2 Å². The Kier molecular flexibility index (Phi) is 59.1. The molecule has 56 heavy (non-hydrogen) atoms. The standard InChI is InChI=1S/2C21H46N3.C6H14.2BrH/c2*1-6-11-16-22-21(23-17-12-7-2)24(18-13-8-3,19-14-9-4)20-15-10-5;1-3-5-6-4-2;;/h2*6-20H2,1-5H3,(H,22,23);3-6H2,1-2H3;2*1H/q2*+1;;;/p-2. The molecule has 0 aliphatic rings. The highest BCUT2D eigenvalue weighted by atomic mass is 79.9. The topological polar surface area (TPSA) is 48.8 Å². The number of quaternary nitrogens is 2. The predicted molar refractivity (Wildman–Crippen MR) is 249 cm³/mol. The van der Waals surface area contributed by atoms with Crippen LogP contribution in [-0.2, 0) is 0 Å². The van der Waals surface area contributed by atoms with Crippen LogP contribution in [0.2, 0.25) is 0 Å². The molecule has 6 nitrogen and oxygen atoms in total. The van der Waals surface area contributed by atoms with Gasteiger partial charge >= 0.3 is 0 Å². The molecule has 0 saturated heterocycles. The molecule has 0 aromatic heterocycles. The summed E-state index contributed by atoms with van der Waals surface area (Å²) < 4.78 is 2.20. The predicted octanol–water partition coefficient (Wildman–Crippen LogP) is 8.09. The number of nitrogens with one attached hydrogen (secondary N) is 2. The Hall–Kier alpha value is -0.180. The molecule has 0 rings (SSSR count). The zero-order valence-corrected chi connectivity index (χ0v) is 43.8. The van der Waals surface area contributed by atoms with Gasteiger partial charge in [-0.05, 0) is 64.2 Å². The lowest BCUT2D eigenvalue weighted by atomic mass is 10.1. The average molecular weight is 927 g/mol. The first-order chi connectivity index (χ1) is 26.3. The lowest BCUT2D eigenvalue weighted by molar-refractivity contribution is -0.845. The van der Waals surface area contributed by atoms with Gasteiger partial charge in [-0.25, -0.2) is 9.98 Å².